The van der Waals surface area contributed by atoms with Crippen molar-refractivity contribution in [2.24, 2.45) is 13.0 Å². The molecule has 1 atom stereocenters. The molecule has 0 radical (unpaired) electrons. The first-order valence-electron chi connectivity index (χ1n) is 10.8. The van der Waals surface area contributed by atoms with Crippen LogP contribution in [-0.2, 0) is 13.6 Å². The van der Waals surface area contributed by atoms with E-state index < -0.39 is 0 Å². The molecule has 1 aromatic carbocycles. The van der Waals surface area contributed by atoms with Gasteiger partial charge >= 0.3 is 0 Å². The molecule has 6 nitrogen and oxygen atoms in total. The number of aliphatic hydroxyl groups is 1. The van der Waals surface area contributed by atoms with E-state index in [-0.39, 0.29) is 12.2 Å². The normalized spacial score (nSPS) is 18.6. The molecule has 1 fully saturated rings. The number of piperazine rings is 1. The number of aromatic nitrogens is 2. The molecule has 160 valence electrons. The minimum absolute atomic E-state index is 0.0668. The van der Waals surface area contributed by atoms with Gasteiger partial charge in [-0.05, 0) is 44.4 Å². The summed E-state index contributed by atoms with van der Waals surface area (Å²) in [6.45, 7) is 11.4. The summed E-state index contributed by atoms with van der Waals surface area (Å²) >= 11 is 0. The Hall–Kier alpha value is -1.89. The maximum Gasteiger partial charge on any atom is 0.276 e. The Morgan fingerprint density at radius 1 is 1.17 bits per heavy atom. The molecule has 29 heavy (non-hydrogen) atoms. The summed E-state index contributed by atoms with van der Waals surface area (Å²) in [5.74, 6) is 0.686. The molecule has 1 unspecified atom stereocenters. The third-order valence-electron chi connectivity index (χ3n) is 6.20. The van der Waals surface area contributed by atoms with E-state index in [0.29, 0.717) is 18.5 Å². The molecule has 6 heteroatoms. The van der Waals surface area contributed by atoms with Gasteiger partial charge in [0.15, 0.2) is 0 Å². The molecule has 0 amide bonds. The predicted molar refractivity (Wildman–Crippen MR) is 118 cm³/mol. The van der Waals surface area contributed by atoms with E-state index in [1.807, 2.05) is 49.0 Å². The lowest BCUT2D eigenvalue weighted by atomic mass is 10.0. The van der Waals surface area contributed by atoms with Crippen molar-refractivity contribution < 1.29 is 5.11 Å². The molecular weight excluding hydrogens is 364 g/mol. The summed E-state index contributed by atoms with van der Waals surface area (Å²) in [4.78, 5) is 18.1. The average Bonchev–Trinajstić information content (AvgIpc) is 2.91. The van der Waals surface area contributed by atoms with Gasteiger partial charge in [0.05, 0.1) is 11.3 Å². The summed E-state index contributed by atoms with van der Waals surface area (Å²) in [7, 11) is 1.95. The number of para-hydroxylation sites is 1. The van der Waals surface area contributed by atoms with E-state index in [2.05, 4.69) is 23.6 Å². The first-order chi connectivity index (χ1) is 13.9. The highest BCUT2D eigenvalue weighted by Gasteiger charge is 2.28. The largest absolute Gasteiger partial charge is 0.396 e. The van der Waals surface area contributed by atoms with Gasteiger partial charge in [0, 0.05) is 51.6 Å². The Balaban J connectivity index is 1.76. The Kier molecular flexibility index (Phi) is 7.33. The Bertz CT molecular complexity index is 841. The van der Waals surface area contributed by atoms with Gasteiger partial charge in [0.1, 0.15) is 0 Å². The molecule has 3 rings (SSSR count). The van der Waals surface area contributed by atoms with Gasteiger partial charge in [0.2, 0.25) is 0 Å². The second-order valence-corrected chi connectivity index (χ2v) is 8.66. The standard InChI is InChI=1S/C23H36N4O2/c1-18(2)10-12-26-14-13-25(16-21(26)11-15-28)17-22-19(3)24(4)27(23(22)29)20-8-6-5-7-9-20/h5-9,18,21,28H,10-17H2,1-4H3. The van der Waals surface area contributed by atoms with Crippen molar-refractivity contribution in [1.29, 1.82) is 0 Å². The zero-order valence-electron chi connectivity index (χ0n) is 18.3. The smallest absolute Gasteiger partial charge is 0.276 e. The molecule has 1 aliphatic heterocycles. The highest BCUT2D eigenvalue weighted by Crippen LogP contribution is 2.18. The molecule has 1 N–H and O–H groups in total. The van der Waals surface area contributed by atoms with Gasteiger partial charge in [-0.25, -0.2) is 4.68 Å². The van der Waals surface area contributed by atoms with Gasteiger partial charge in [-0.15, -0.1) is 0 Å². The van der Waals surface area contributed by atoms with Gasteiger partial charge in [-0.3, -0.25) is 19.3 Å². The van der Waals surface area contributed by atoms with Crippen LogP contribution in [0.25, 0.3) is 5.69 Å². The molecule has 0 spiro atoms. The van der Waals surface area contributed by atoms with Crippen molar-refractivity contribution in [1.82, 2.24) is 19.2 Å². The molecule has 2 aromatic rings. The molecular formula is C23H36N4O2. The minimum atomic E-state index is 0.0668. The van der Waals surface area contributed by atoms with Crippen molar-refractivity contribution in [3.05, 3.63) is 51.9 Å². The Morgan fingerprint density at radius 3 is 2.55 bits per heavy atom. The summed E-state index contributed by atoms with van der Waals surface area (Å²) < 4.78 is 3.71. The number of hydrogen-bond donors (Lipinski definition) is 1. The molecule has 0 bridgehead atoms. The molecule has 0 saturated carbocycles. The van der Waals surface area contributed by atoms with Crippen LogP contribution >= 0.6 is 0 Å². The van der Waals surface area contributed by atoms with Crippen LogP contribution in [0.4, 0.5) is 0 Å². The fourth-order valence-corrected chi connectivity index (χ4v) is 4.27. The first-order valence-corrected chi connectivity index (χ1v) is 10.8. The predicted octanol–water partition coefficient (Wildman–Crippen LogP) is 2.40. The zero-order valence-corrected chi connectivity index (χ0v) is 18.3. The monoisotopic (exact) mass is 400 g/mol. The highest BCUT2D eigenvalue weighted by atomic mass is 16.3. The van der Waals surface area contributed by atoms with Gasteiger partial charge < -0.3 is 5.11 Å². The van der Waals surface area contributed by atoms with Crippen LogP contribution in [0.5, 0.6) is 0 Å². The number of aliphatic hydroxyl groups excluding tert-OH is 1. The highest BCUT2D eigenvalue weighted by molar-refractivity contribution is 5.33. The number of rotatable bonds is 8. The second-order valence-electron chi connectivity index (χ2n) is 8.66. The second kappa shape index (κ2) is 9.74. The van der Waals surface area contributed by atoms with E-state index in [4.69, 9.17) is 0 Å². The molecule has 1 aromatic heterocycles. The van der Waals surface area contributed by atoms with Crippen molar-refractivity contribution in [2.45, 2.75) is 46.2 Å². The molecule has 1 saturated heterocycles. The topological polar surface area (TPSA) is 53.6 Å². The van der Waals surface area contributed by atoms with E-state index in [1.54, 1.807) is 4.68 Å². The third kappa shape index (κ3) is 5.00. The quantitative estimate of drug-likeness (QED) is 0.739. The van der Waals surface area contributed by atoms with Crippen LogP contribution in [0.3, 0.4) is 0 Å². The number of hydrogen-bond acceptors (Lipinski definition) is 4. The van der Waals surface area contributed by atoms with Gasteiger partial charge in [0.25, 0.3) is 5.56 Å². The van der Waals surface area contributed by atoms with Crippen LogP contribution in [0.15, 0.2) is 35.1 Å². The van der Waals surface area contributed by atoms with Crippen LogP contribution in [0.2, 0.25) is 0 Å². The van der Waals surface area contributed by atoms with Crippen LogP contribution < -0.4 is 5.56 Å². The molecule has 1 aliphatic rings. The van der Waals surface area contributed by atoms with Crippen molar-refractivity contribution in [2.75, 3.05) is 32.8 Å². The first kappa shape index (κ1) is 21.8. The summed E-state index contributed by atoms with van der Waals surface area (Å²) in [6, 6.07) is 10.2. The average molecular weight is 401 g/mol. The Morgan fingerprint density at radius 2 is 1.90 bits per heavy atom. The Labute approximate surface area is 174 Å². The maximum atomic E-state index is 13.2. The molecule has 0 aliphatic carbocycles. The maximum absolute atomic E-state index is 13.2. The summed E-state index contributed by atoms with van der Waals surface area (Å²) in [6.07, 6.45) is 1.97. The number of nitrogens with zero attached hydrogens (tertiary/aromatic N) is 4. The fraction of sp³-hybridized carbons (Fsp3) is 0.609. The van der Waals surface area contributed by atoms with Crippen LogP contribution in [-0.4, -0.2) is 63.1 Å². The lowest BCUT2D eigenvalue weighted by Crippen LogP contribution is -2.53. The fourth-order valence-electron chi connectivity index (χ4n) is 4.27. The van der Waals surface area contributed by atoms with Gasteiger partial charge in [-0.1, -0.05) is 32.0 Å². The third-order valence-corrected chi connectivity index (χ3v) is 6.20. The summed E-state index contributed by atoms with van der Waals surface area (Å²) in [5.41, 5.74) is 2.85. The van der Waals surface area contributed by atoms with Crippen LogP contribution in [0, 0.1) is 12.8 Å². The van der Waals surface area contributed by atoms with E-state index in [0.717, 1.165) is 49.5 Å². The SMILES string of the molecule is Cc1c(CN2CCN(CCC(C)C)C(CCO)C2)c(=O)n(-c2ccccc2)n1C. The van der Waals surface area contributed by atoms with E-state index in [9.17, 15) is 9.90 Å². The van der Waals surface area contributed by atoms with E-state index in [1.165, 1.54) is 6.42 Å². The minimum Gasteiger partial charge on any atom is -0.396 e. The van der Waals surface area contributed by atoms with Crippen molar-refractivity contribution >= 4 is 0 Å². The lowest BCUT2D eigenvalue weighted by Gasteiger charge is -2.41. The van der Waals surface area contributed by atoms with Crippen molar-refractivity contribution in [3.8, 4) is 5.69 Å². The van der Waals surface area contributed by atoms with Crippen LogP contribution in [0.1, 0.15) is 37.9 Å². The molecule has 2 heterocycles. The lowest BCUT2D eigenvalue weighted by molar-refractivity contribution is 0.0521. The van der Waals surface area contributed by atoms with Gasteiger partial charge in [-0.2, -0.15) is 0 Å². The zero-order chi connectivity index (χ0) is 21.0. The van der Waals surface area contributed by atoms with Crippen molar-refractivity contribution in [3.63, 3.8) is 0 Å². The van der Waals surface area contributed by atoms with E-state index >= 15 is 0 Å². The number of benzene rings is 1. The summed E-state index contributed by atoms with van der Waals surface area (Å²) in [5, 5.41) is 9.54.